The lowest BCUT2D eigenvalue weighted by Gasteiger charge is -2.06. The zero-order valence-corrected chi connectivity index (χ0v) is 14.4. The fraction of sp³-hybridized carbons (Fsp3) is 0.316. The molecule has 0 bridgehead atoms. The summed E-state index contributed by atoms with van der Waals surface area (Å²) in [6, 6.07) is 1.32. The van der Waals surface area contributed by atoms with Crippen LogP contribution in [-0.2, 0) is 19.1 Å². The Balaban J connectivity index is 2.47. The highest BCUT2D eigenvalue weighted by molar-refractivity contribution is 5.94. The lowest BCUT2D eigenvalue weighted by molar-refractivity contribution is -0.115. The number of hydrogen-bond acceptors (Lipinski definition) is 7. The molecule has 0 aromatic carbocycles. The van der Waals surface area contributed by atoms with Gasteiger partial charge in [0, 0.05) is 25.2 Å². The second kappa shape index (κ2) is 11.5. The summed E-state index contributed by atoms with van der Waals surface area (Å²) in [5, 5.41) is 0. The molecule has 0 aliphatic carbocycles. The molecule has 138 valence electrons. The Kier molecular flexibility index (Phi) is 9.24. The maximum absolute atomic E-state index is 11.9. The van der Waals surface area contributed by atoms with Gasteiger partial charge in [0.25, 0.3) is 0 Å². The van der Waals surface area contributed by atoms with Crippen molar-refractivity contribution in [2.45, 2.75) is 25.7 Å². The van der Waals surface area contributed by atoms with Crippen LogP contribution in [0.3, 0.4) is 0 Å². The van der Waals surface area contributed by atoms with Crippen LogP contribution in [0.5, 0.6) is 0 Å². The highest BCUT2D eigenvalue weighted by Crippen LogP contribution is 2.08. The van der Waals surface area contributed by atoms with Crippen molar-refractivity contribution in [3.8, 4) is 0 Å². The minimum atomic E-state index is -0.644. The van der Waals surface area contributed by atoms with Gasteiger partial charge in [0.15, 0.2) is 11.6 Å². The maximum atomic E-state index is 11.9. The number of allylic oxidation sites excluding steroid dienone is 2. The number of carbonyl (C=O) groups is 4. The quantitative estimate of drug-likeness (QED) is 0.321. The first kappa shape index (κ1) is 21.0. The second-order valence-electron chi connectivity index (χ2n) is 5.28. The lowest BCUT2D eigenvalue weighted by Crippen LogP contribution is -2.11. The molecule has 0 aliphatic rings. The Hall–Kier alpha value is -3.09. The highest BCUT2D eigenvalue weighted by atomic mass is 16.5. The third-order valence-electron chi connectivity index (χ3n) is 3.27. The van der Waals surface area contributed by atoms with E-state index in [4.69, 9.17) is 9.47 Å². The van der Waals surface area contributed by atoms with Crippen LogP contribution in [0.4, 0.5) is 0 Å². The van der Waals surface area contributed by atoms with E-state index in [-0.39, 0.29) is 48.7 Å². The molecule has 0 radical (unpaired) electrons. The average Bonchev–Trinajstić information content (AvgIpc) is 2.67. The Labute approximate surface area is 151 Å². The minimum absolute atomic E-state index is 0.0738. The Morgan fingerprint density at radius 1 is 0.846 bits per heavy atom. The van der Waals surface area contributed by atoms with E-state index < -0.39 is 11.9 Å². The highest BCUT2D eigenvalue weighted by Gasteiger charge is 2.13. The number of hydrogen-bond donors (Lipinski definition) is 0. The van der Waals surface area contributed by atoms with Gasteiger partial charge < -0.3 is 9.47 Å². The standard InChI is InChI=1S/C19H21NO6/c1-3-16(21)7-5-9-25-18(23)14-11-15(13-20-12-14)19(24)26-10-6-8-17(22)4-2/h3-4,11-13H,1-2,5-10H2. The summed E-state index contributed by atoms with van der Waals surface area (Å²) in [6.07, 6.45) is 6.24. The van der Waals surface area contributed by atoms with Gasteiger partial charge in [-0.2, -0.15) is 0 Å². The minimum Gasteiger partial charge on any atom is -0.462 e. The molecule has 1 aromatic rings. The first-order valence-electron chi connectivity index (χ1n) is 8.07. The molecule has 0 aliphatic heterocycles. The van der Waals surface area contributed by atoms with Crippen LogP contribution in [0.15, 0.2) is 43.8 Å². The number of rotatable bonds is 12. The predicted octanol–water partition coefficient (Wildman–Crippen LogP) is 2.47. The Morgan fingerprint density at radius 3 is 1.65 bits per heavy atom. The number of nitrogens with zero attached hydrogens (tertiary/aromatic N) is 1. The fourth-order valence-corrected chi connectivity index (χ4v) is 1.86. The van der Waals surface area contributed by atoms with Gasteiger partial charge in [-0.25, -0.2) is 9.59 Å². The van der Waals surface area contributed by atoms with Crippen LogP contribution < -0.4 is 0 Å². The first-order chi connectivity index (χ1) is 12.5. The van der Waals surface area contributed by atoms with Crippen LogP contribution >= 0.6 is 0 Å². The molecular formula is C19H21NO6. The molecule has 26 heavy (non-hydrogen) atoms. The molecule has 0 N–H and O–H groups in total. The number of carbonyl (C=O) groups excluding carboxylic acids is 4. The summed E-state index contributed by atoms with van der Waals surface area (Å²) in [5.74, 6) is -1.53. The molecule has 0 amide bonds. The largest absolute Gasteiger partial charge is 0.462 e. The van der Waals surface area contributed by atoms with E-state index in [0.717, 1.165) is 0 Å². The summed E-state index contributed by atoms with van der Waals surface area (Å²) in [7, 11) is 0. The number of aromatic nitrogens is 1. The molecule has 0 saturated heterocycles. The van der Waals surface area contributed by atoms with Crippen LogP contribution in [0.2, 0.25) is 0 Å². The number of esters is 2. The van der Waals surface area contributed by atoms with E-state index in [9.17, 15) is 19.2 Å². The molecular weight excluding hydrogens is 338 g/mol. The molecule has 1 aromatic heterocycles. The van der Waals surface area contributed by atoms with Gasteiger partial charge in [-0.1, -0.05) is 13.2 Å². The second-order valence-corrected chi connectivity index (χ2v) is 5.28. The molecule has 7 heteroatoms. The van der Waals surface area contributed by atoms with Crippen molar-refractivity contribution in [2.75, 3.05) is 13.2 Å². The summed E-state index contributed by atoms with van der Waals surface area (Å²) >= 11 is 0. The molecule has 7 nitrogen and oxygen atoms in total. The van der Waals surface area contributed by atoms with Crippen molar-refractivity contribution in [1.82, 2.24) is 4.98 Å². The van der Waals surface area contributed by atoms with E-state index in [0.29, 0.717) is 12.8 Å². The van der Waals surface area contributed by atoms with Crippen LogP contribution in [0, 0.1) is 0 Å². The van der Waals surface area contributed by atoms with Crippen molar-refractivity contribution < 1.29 is 28.7 Å². The smallest absolute Gasteiger partial charge is 0.339 e. The van der Waals surface area contributed by atoms with Crippen LogP contribution in [-0.4, -0.2) is 41.7 Å². The van der Waals surface area contributed by atoms with E-state index >= 15 is 0 Å². The van der Waals surface area contributed by atoms with Gasteiger partial charge in [-0.3, -0.25) is 14.6 Å². The lowest BCUT2D eigenvalue weighted by atomic mass is 10.2. The zero-order valence-electron chi connectivity index (χ0n) is 14.4. The summed E-state index contributed by atoms with van der Waals surface area (Å²) in [5.41, 5.74) is 0.215. The van der Waals surface area contributed by atoms with E-state index in [1.54, 1.807) is 0 Å². The molecule has 0 saturated carbocycles. The average molecular weight is 359 g/mol. The van der Waals surface area contributed by atoms with Crippen molar-refractivity contribution >= 4 is 23.5 Å². The SMILES string of the molecule is C=CC(=O)CCCOC(=O)c1cncc(C(=O)OCCCC(=O)C=C)c1. The molecule has 1 rings (SSSR count). The number of ether oxygens (including phenoxy) is 2. The van der Waals surface area contributed by atoms with Crippen LogP contribution in [0.25, 0.3) is 0 Å². The van der Waals surface area contributed by atoms with Crippen molar-refractivity contribution in [2.24, 2.45) is 0 Å². The third-order valence-corrected chi connectivity index (χ3v) is 3.27. The van der Waals surface area contributed by atoms with Crippen molar-refractivity contribution in [1.29, 1.82) is 0 Å². The predicted molar refractivity (Wildman–Crippen MR) is 93.7 cm³/mol. The topological polar surface area (TPSA) is 99.6 Å². The van der Waals surface area contributed by atoms with Gasteiger partial charge >= 0.3 is 11.9 Å². The third kappa shape index (κ3) is 7.65. The van der Waals surface area contributed by atoms with Gasteiger partial charge in [0.05, 0.1) is 24.3 Å². The number of ketones is 2. The maximum Gasteiger partial charge on any atom is 0.339 e. The Morgan fingerprint density at radius 2 is 1.27 bits per heavy atom. The molecule has 0 fully saturated rings. The van der Waals surface area contributed by atoms with Gasteiger partial charge in [-0.05, 0) is 31.1 Å². The normalized spacial score (nSPS) is 9.85. The van der Waals surface area contributed by atoms with Gasteiger partial charge in [-0.15, -0.1) is 0 Å². The van der Waals surface area contributed by atoms with Crippen molar-refractivity contribution in [3.63, 3.8) is 0 Å². The van der Waals surface area contributed by atoms with Gasteiger partial charge in [0.2, 0.25) is 0 Å². The van der Waals surface area contributed by atoms with Gasteiger partial charge in [0.1, 0.15) is 0 Å². The summed E-state index contributed by atoms with van der Waals surface area (Å²) < 4.78 is 10.1. The van der Waals surface area contributed by atoms with Crippen LogP contribution in [0.1, 0.15) is 46.4 Å². The van der Waals surface area contributed by atoms with E-state index in [1.165, 1.54) is 30.6 Å². The van der Waals surface area contributed by atoms with E-state index in [2.05, 4.69) is 18.1 Å². The summed E-state index contributed by atoms with van der Waals surface area (Å²) in [6.45, 7) is 6.86. The zero-order chi connectivity index (χ0) is 19.4. The monoisotopic (exact) mass is 359 g/mol. The number of pyridine rings is 1. The Bertz CT molecular complexity index is 640. The fourth-order valence-electron chi connectivity index (χ4n) is 1.86. The summed E-state index contributed by atoms with van der Waals surface area (Å²) in [4.78, 5) is 49.8. The molecule has 0 atom stereocenters. The molecule has 1 heterocycles. The van der Waals surface area contributed by atoms with E-state index in [1.807, 2.05) is 0 Å². The molecule has 0 spiro atoms. The molecule has 0 unspecified atom stereocenters. The first-order valence-corrected chi connectivity index (χ1v) is 8.07. The van der Waals surface area contributed by atoms with Crippen molar-refractivity contribution in [3.05, 3.63) is 54.9 Å².